The van der Waals surface area contributed by atoms with Crippen molar-refractivity contribution in [1.29, 1.82) is 0 Å². The number of ether oxygens (including phenoxy) is 4. The number of nitrogens with one attached hydrogen (secondary N) is 1. The van der Waals surface area contributed by atoms with Gasteiger partial charge in [-0.2, -0.15) is 12.6 Å². The summed E-state index contributed by atoms with van der Waals surface area (Å²) < 4.78 is 22.2. The standard InChI is InChI=1S/C19H21NO8S/c1-24-14-4-9(5-15(28-23)17(14)22)16-10-6-12-13(26-8-25-12)7-11(10)27-19(18(16)29)20-2-3-21/h4-7,16,18-23,29H,2-3,8H2,1H3. The molecule has 0 fully saturated rings. The molecule has 156 valence electrons. The van der Waals surface area contributed by atoms with Gasteiger partial charge in [0, 0.05) is 24.1 Å². The summed E-state index contributed by atoms with van der Waals surface area (Å²) in [6.07, 6.45) is -0.526. The maximum absolute atomic E-state index is 10.1. The van der Waals surface area contributed by atoms with Gasteiger partial charge in [0.25, 0.3) is 0 Å². The molecular weight excluding hydrogens is 402 g/mol. The van der Waals surface area contributed by atoms with E-state index in [-0.39, 0.29) is 36.6 Å². The van der Waals surface area contributed by atoms with Gasteiger partial charge >= 0.3 is 0 Å². The highest BCUT2D eigenvalue weighted by atomic mass is 32.1. The maximum atomic E-state index is 10.1. The molecule has 0 aromatic heterocycles. The van der Waals surface area contributed by atoms with Crippen molar-refractivity contribution in [3.63, 3.8) is 0 Å². The number of fused-ring (bicyclic) bond motifs is 2. The van der Waals surface area contributed by atoms with Gasteiger partial charge in [0.2, 0.25) is 18.3 Å². The Morgan fingerprint density at radius 2 is 1.86 bits per heavy atom. The van der Waals surface area contributed by atoms with Gasteiger partial charge in [-0.3, -0.25) is 5.32 Å². The molecule has 0 saturated carbocycles. The van der Waals surface area contributed by atoms with Gasteiger partial charge in [-0.1, -0.05) is 0 Å². The third-order valence-corrected chi connectivity index (χ3v) is 5.51. The van der Waals surface area contributed by atoms with E-state index < -0.39 is 11.5 Å². The van der Waals surface area contributed by atoms with Crippen molar-refractivity contribution in [3.8, 4) is 34.5 Å². The van der Waals surface area contributed by atoms with Gasteiger partial charge in [0.05, 0.1) is 19.0 Å². The molecule has 4 N–H and O–H groups in total. The zero-order valence-electron chi connectivity index (χ0n) is 15.5. The minimum absolute atomic E-state index is 0.0610. The van der Waals surface area contributed by atoms with E-state index in [1.54, 1.807) is 12.1 Å². The molecule has 2 aromatic carbocycles. The van der Waals surface area contributed by atoms with Crippen LogP contribution < -0.4 is 29.2 Å². The molecular formula is C19H21NO8S. The number of aliphatic hydroxyl groups is 1. The quantitative estimate of drug-likeness (QED) is 0.269. The van der Waals surface area contributed by atoms with Gasteiger partial charge in [0.15, 0.2) is 23.5 Å². The molecule has 2 aromatic rings. The Morgan fingerprint density at radius 3 is 2.55 bits per heavy atom. The van der Waals surface area contributed by atoms with Crippen molar-refractivity contribution in [1.82, 2.24) is 5.32 Å². The van der Waals surface area contributed by atoms with Gasteiger partial charge in [-0.15, -0.1) is 0 Å². The monoisotopic (exact) mass is 423 g/mol. The van der Waals surface area contributed by atoms with Crippen LogP contribution in [-0.2, 0) is 0 Å². The number of methoxy groups -OCH3 is 1. The van der Waals surface area contributed by atoms with Crippen molar-refractivity contribution in [2.75, 3.05) is 27.1 Å². The summed E-state index contributed by atoms with van der Waals surface area (Å²) in [6, 6.07) is 6.73. The van der Waals surface area contributed by atoms with Crippen molar-refractivity contribution in [3.05, 3.63) is 35.4 Å². The molecule has 10 heteroatoms. The van der Waals surface area contributed by atoms with E-state index in [9.17, 15) is 15.5 Å². The number of aliphatic hydroxyl groups excluding tert-OH is 1. The Balaban J connectivity index is 1.84. The first-order valence-corrected chi connectivity index (χ1v) is 9.43. The molecule has 4 rings (SSSR count). The maximum Gasteiger partial charge on any atom is 0.231 e. The van der Waals surface area contributed by atoms with Crippen LogP contribution in [0, 0.1) is 0 Å². The minimum Gasteiger partial charge on any atom is -0.502 e. The molecule has 0 bridgehead atoms. The van der Waals surface area contributed by atoms with Crippen molar-refractivity contribution < 1.29 is 39.3 Å². The first kappa shape index (κ1) is 19.8. The van der Waals surface area contributed by atoms with Crippen LogP contribution in [0.5, 0.6) is 34.5 Å². The lowest BCUT2D eigenvalue weighted by Gasteiger charge is -2.38. The predicted molar refractivity (Wildman–Crippen MR) is 105 cm³/mol. The van der Waals surface area contributed by atoms with E-state index in [0.717, 1.165) is 5.56 Å². The van der Waals surface area contributed by atoms with Crippen LogP contribution >= 0.6 is 12.6 Å². The van der Waals surface area contributed by atoms with Crippen LogP contribution in [0.15, 0.2) is 24.3 Å². The summed E-state index contributed by atoms with van der Waals surface area (Å²) in [5.74, 6) is 1.05. The average molecular weight is 423 g/mol. The van der Waals surface area contributed by atoms with E-state index in [2.05, 4.69) is 10.2 Å². The highest BCUT2D eigenvalue weighted by Crippen LogP contribution is 2.50. The van der Waals surface area contributed by atoms with E-state index >= 15 is 0 Å². The lowest BCUT2D eigenvalue weighted by molar-refractivity contribution is -0.139. The zero-order valence-corrected chi connectivity index (χ0v) is 16.4. The molecule has 0 amide bonds. The predicted octanol–water partition coefficient (Wildman–Crippen LogP) is 1.71. The molecule has 3 atom stereocenters. The summed E-state index contributed by atoms with van der Waals surface area (Å²) >= 11 is 4.77. The van der Waals surface area contributed by atoms with Crippen LogP contribution in [0.2, 0.25) is 0 Å². The molecule has 0 radical (unpaired) electrons. The van der Waals surface area contributed by atoms with Gasteiger partial charge in [-0.05, 0) is 23.8 Å². The SMILES string of the molecule is COc1cc(C2c3cc4c(cc3OC(NCCO)C2S)OCO4)cc(OO)c1O. The third kappa shape index (κ3) is 3.48. The van der Waals surface area contributed by atoms with Gasteiger partial charge < -0.3 is 34.0 Å². The number of rotatable bonds is 6. The second kappa shape index (κ2) is 8.07. The number of benzene rings is 2. The van der Waals surface area contributed by atoms with E-state index in [0.29, 0.717) is 29.4 Å². The number of thiol groups is 1. The van der Waals surface area contributed by atoms with Crippen molar-refractivity contribution in [2.24, 2.45) is 0 Å². The summed E-state index contributed by atoms with van der Waals surface area (Å²) in [5.41, 5.74) is 1.45. The van der Waals surface area contributed by atoms with Crippen LogP contribution in [0.1, 0.15) is 17.0 Å². The van der Waals surface area contributed by atoms with E-state index in [4.69, 9.17) is 31.6 Å². The Hall–Kier alpha value is -2.53. The highest BCUT2D eigenvalue weighted by molar-refractivity contribution is 7.81. The normalized spacial score (nSPS) is 22.0. The number of aromatic hydroxyl groups is 1. The van der Waals surface area contributed by atoms with Gasteiger partial charge in [0.1, 0.15) is 5.75 Å². The number of hydrogen-bond acceptors (Lipinski definition) is 10. The second-order valence-corrected chi connectivity index (χ2v) is 7.19. The molecule has 0 saturated heterocycles. The topological polar surface area (TPSA) is 119 Å². The fourth-order valence-electron chi connectivity index (χ4n) is 3.60. The number of hydrogen-bond donors (Lipinski definition) is 5. The van der Waals surface area contributed by atoms with Crippen molar-refractivity contribution in [2.45, 2.75) is 17.4 Å². The lowest BCUT2D eigenvalue weighted by atomic mass is 9.84. The summed E-state index contributed by atoms with van der Waals surface area (Å²) in [7, 11) is 1.40. The third-order valence-electron chi connectivity index (χ3n) is 4.94. The van der Waals surface area contributed by atoms with E-state index in [1.165, 1.54) is 13.2 Å². The van der Waals surface area contributed by atoms with Crippen LogP contribution in [-0.4, -0.2) is 54.0 Å². The molecule has 29 heavy (non-hydrogen) atoms. The van der Waals surface area contributed by atoms with Crippen LogP contribution in [0.25, 0.3) is 0 Å². The van der Waals surface area contributed by atoms with Crippen molar-refractivity contribution >= 4 is 12.6 Å². The molecule has 2 aliphatic rings. The first-order chi connectivity index (χ1) is 14.1. The summed E-state index contributed by atoms with van der Waals surface area (Å²) in [6.45, 7) is 0.377. The molecule has 0 aliphatic carbocycles. The van der Waals surface area contributed by atoms with Crippen LogP contribution in [0.4, 0.5) is 0 Å². The Morgan fingerprint density at radius 1 is 1.14 bits per heavy atom. The Kier molecular flexibility index (Phi) is 5.50. The highest BCUT2D eigenvalue weighted by Gasteiger charge is 2.39. The molecule has 2 heterocycles. The lowest BCUT2D eigenvalue weighted by Crippen LogP contribution is -2.48. The Bertz CT molecular complexity index is 883. The van der Waals surface area contributed by atoms with Gasteiger partial charge in [-0.25, -0.2) is 5.26 Å². The number of phenols is 1. The Labute approximate surface area is 172 Å². The first-order valence-electron chi connectivity index (χ1n) is 8.92. The molecule has 2 aliphatic heterocycles. The fraction of sp³-hybridized carbons (Fsp3) is 0.368. The number of phenolic OH excluding ortho intramolecular Hbond substituents is 1. The average Bonchev–Trinajstić information content (AvgIpc) is 3.18. The van der Waals surface area contributed by atoms with Crippen LogP contribution in [0.3, 0.4) is 0 Å². The molecule has 3 unspecified atom stereocenters. The largest absolute Gasteiger partial charge is 0.502 e. The fourth-order valence-corrected chi connectivity index (χ4v) is 4.10. The smallest absolute Gasteiger partial charge is 0.231 e. The zero-order chi connectivity index (χ0) is 20.5. The van der Waals surface area contributed by atoms with E-state index in [1.807, 2.05) is 6.07 Å². The molecule has 9 nitrogen and oxygen atoms in total. The minimum atomic E-state index is -0.526. The molecule has 0 spiro atoms. The second-order valence-electron chi connectivity index (χ2n) is 6.59. The summed E-state index contributed by atoms with van der Waals surface area (Å²) in [5, 5.41) is 31.2. The summed E-state index contributed by atoms with van der Waals surface area (Å²) in [4.78, 5) is 4.33.